The van der Waals surface area contributed by atoms with Crippen LogP contribution in [0.2, 0.25) is 25.7 Å². The van der Waals surface area contributed by atoms with Crippen molar-refractivity contribution in [2.45, 2.75) is 51.6 Å². The van der Waals surface area contributed by atoms with Crippen LogP contribution in [0.25, 0.3) is 0 Å². The van der Waals surface area contributed by atoms with Crippen molar-refractivity contribution in [2.24, 2.45) is 0 Å². The zero-order valence-electron chi connectivity index (χ0n) is 9.41. The van der Waals surface area contributed by atoms with Crippen LogP contribution < -0.4 is 0 Å². The lowest BCUT2D eigenvalue weighted by molar-refractivity contribution is 0.0933. The normalized spacial score (nSPS) is 37.4. The second kappa shape index (κ2) is 3.36. The van der Waals surface area contributed by atoms with E-state index in [1.807, 2.05) is 0 Å². The van der Waals surface area contributed by atoms with Crippen LogP contribution in [0, 0.1) is 0 Å². The van der Waals surface area contributed by atoms with E-state index in [4.69, 9.17) is 16.0 Å². The molecule has 0 radical (unpaired) electrons. The average molecular weight is 237 g/mol. The van der Waals surface area contributed by atoms with Gasteiger partial charge in [0, 0.05) is 5.50 Å². The highest BCUT2D eigenvalue weighted by Crippen LogP contribution is 2.38. The summed E-state index contributed by atoms with van der Waals surface area (Å²) in [6.45, 7) is 11.5. The SMILES string of the molecule is CC1(C)CC[Si](C)(CCl)[Si](C)(C)O1. The van der Waals surface area contributed by atoms with Crippen molar-refractivity contribution in [2.75, 3.05) is 5.50 Å². The van der Waals surface area contributed by atoms with E-state index in [0.717, 1.165) is 5.50 Å². The first-order chi connectivity index (χ1) is 5.72. The molecule has 0 aromatic heterocycles. The third-order valence-corrected chi connectivity index (χ3v) is 22.2. The van der Waals surface area contributed by atoms with Gasteiger partial charge in [-0.2, -0.15) is 0 Å². The maximum Gasteiger partial charge on any atom is 0.176 e. The second-order valence-electron chi connectivity index (χ2n) is 5.57. The summed E-state index contributed by atoms with van der Waals surface area (Å²) in [6.07, 6.45) is 1.19. The molecule has 1 heterocycles. The molecule has 0 amide bonds. The average Bonchev–Trinajstić information content (AvgIpc) is 1.96. The molecule has 78 valence electrons. The summed E-state index contributed by atoms with van der Waals surface area (Å²) in [5, 5.41) is 0. The topological polar surface area (TPSA) is 9.23 Å². The molecule has 0 saturated carbocycles. The second-order valence-corrected chi connectivity index (χ2v) is 20.7. The maximum atomic E-state index is 6.28. The number of hydrogen-bond acceptors (Lipinski definition) is 1. The molecule has 0 spiro atoms. The number of rotatable bonds is 1. The molecule has 0 aromatic rings. The Hall–Kier alpha value is 0.684. The summed E-state index contributed by atoms with van der Waals surface area (Å²) < 4.78 is 6.28. The van der Waals surface area contributed by atoms with Gasteiger partial charge < -0.3 is 4.43 Å². The first kappa shape index (κ1) is 11.8. The lowest BCUT2D eigenvalue weighted by Gasteiger charge is -2.50. The Morgan fingerprint density at radius 3 is 2.23 bits per heavy atom. The minimum absolute atomic E-state index is 0.105. The Balaban J connectivity index is 2.85. The van der Waals surface area contributed by atoms with Crippen LogP contribution in [0.4, 0.5) is 0 Å². The summed E-state index contributed by atoms with van der Waals surface area (Å²) in [7, 11) is -2.72. The fraction of sp³-hybridized carbons (Fsp3) is 1.00. The van der Waals surface area contributed by atoms with Crippen molar-refractivity contribution in [3.8, 4) is 0 Å². The van der Waals surface area contributed by atoms with Gasteiger partial charge in [0.25, 0.3) is 0 Å². The number of halogens is 1. The van der Waals surface area contributed by atoms with Crippen molar-refractivity contribution >= 4 is 27.0 Å². The first-order valence-corrected chi connectivity index (χ1v) is 12.3. The van der Waals surface area contributed by atoms with Gasteiger partial charge in [-0.15, -0.1) is 11.6 Å². The van der Waals surface area contributed by atoms with E-state index >= 15 is 0 Å². The molecule has 1 unspecified atom stereocenters. The number of alkyl halides is 1. The molecule has 1 nitrogen and oxygen atoms in total. The highest BCUT2D eigenvalue weighted by Gasteiger charge is 2.52. The molecule has 1 fully saturated rings. The molecule has 1 aliphatic heterocycles. The number of hydrogen-bond donors (Lipinski definition) is 0. The predicted octanol–water partition coefficient (Wildman–Crippen LogP) is 3.33. The van der Waals surface area contributed by atoms with Gasteiger partial charge in [0.05, 0.1) is 13.2 Å². The molecule has 0 aliphatic carbocycles. The molecule has 1 saturated heterocycles. The summed E-state index contributed by atoms with van der Waals surface area (Å²) in [5.74, 6) is 0. The fourth-order valence-electron chi connectivity index (χ4n) is 1.97. The third-order valence-electron chi connectivity index (χ3n) is 3.56. The van der Waals surface area contributed by atoms with E-state index in [2.05, 4.69) is 33.5 Å². The summed E-state index contributed by atoms with van der Waals surface area (Å²) in [6, 6.07) is 1.35. The molecule has 0 aromatic carbocycles. The van der Waals surface area contributed by atoms with E-state index in [1.54, 1.807) is 0 Å². The lowest BCUT2D eigenvalue weighted by Crippen LogP contribution is -2.67. The Bertz CT molecular complexity index is 206. The summed E-state index contributed by atoms with van der Waals surface area (Å²) in [5.41, 5.74) is 0.983. The van der Waals surface area contributed by atoms with Crippen molar-refractivity contribution < 1.29 is 4.43 Å². The van der Waals surface area contributed by atoms with Gasteiger partial charge in [-0.05, 0) is 33.4 Å². The van der Waals surface area contributed by atoms with Gasteiger partial charge in [-0.25, -0.2) is 0 Å². The molecular weight excluding hydrogens is 216 g/mol. The smallest absolute Gasteiger partial charge is 0.176 e. The third kappa shape index (κ3) is 2.19. The van der Waals surface area contributed by atoms with Crippen molar-refractivity contribution in [1.29, 1.82) is 0 Å². The maximum absolute atomic E-state index is 6.28. The summed E-state index contributed by atoms with van der Waals surface area (Å²) in [4.78, 5) is 0. The minimum Gasteiger partial charge on any atom is -0.415 e. The molecule has 4 heteroatoms. The van der Waals surface area contributed by atoms with E-state index in [0.29, 0.717) is 0 Å². The van der Waals surface area contributed by atoms with Gasteiger partial charge in [-0.1, -0.05) is 12.6 Å². The molecule has 0 N–H and O–H groups in total. The Kier molecular flexibility index (Phi) is 3.04. The zero-order valence-corrected chi connectivity index (χ0v) is 12.2. The molecule has 1 atom stereocenters. The van der Waals surface area contributed by atoms with Crippen LogP contribution in [-0.4, -0.2) is 26.5 Å². The van der Waals surface area contributed by atoms with E-state index < -0.39 is 15.4 Å². The van der Waals surface area contributed by atoms with Gasteiger partial charge in [-0.3, -0.25) is 0 Å². The first-order valence-electron chi connectivity index (χ1n) is 4.99. The highest BCUT2D eigenvalue weighted by molar-refractivity contribution is 7.40. The van der Waals surface area contributed by atoms with Crippen LogP contribution in [0.5, 0.6) is 0 Å². The van der Waals surface area contributed by atoms with Gasteiger partial charge in [0.15, 0.2) is 7.83 Å². The molecule has 1 rings (SSSR count). The van der Waals surface area contributed by atoms with Crippen LogP contribution >= 0.6 is 11.6 Å². The van der Waals surface area contributed by atoms with Crippen molar-refractivity contribution in [3.05, 3.63) is 0 Å². The Labute approximate surface area is 88.7 Å². The minimum atomic E-state index is -1.47. The molecule has 13 heavy (non-hydrogen) atoms. The summed E-state index contributed by atoms with van der Waals surface area (Å²) >= 11 is 6.12. The standard InChI is InChI=1S/C9H21ClOSi2/c1-9(2)6-7-13(5,8-10)12(3,4)11-9/h6-8H2,1-5H3. The van der Waals surface area contributed by atoms with E-state index in [1.165, 1.54) is 12.5 Å². The van der Waals surface area contributed by atoms with Crippen LogP contribution in [-0.2, 0) is 4.43 Å². The van der Waals surface area contributed by atoms with Crippen molar-refractivity contribution in [1.82, 2.24) is 0 Å². The van der Waals surface area contributed by atoms with Gasteiger partial charge >= 0.3 is 0 Å². The van der Waals surface area contributed by atoms with Crippen molar-refractivity contribution in [3.63, 3.8) is 0 Å². The predicted molar refractivity (Wildman–Crippen MR) is 64.4 cm³/mol. The van der Waals surface area contributed by atoms with Gasteiger partial charge in [0.2, 0.25) is 0 Å². The van der Waals surface area contributed by atoms with Crippen LogP contribution in [0.1, 0.15) is 20.3 Å². The highest BCUT2D eigenvalue weighted by atomic mass is 35.5. The largest absolute Gasteiger partial charge is 0.415 e. The monoisotopic (exact) mass is 236 g/mol. The zero-order chi connectivity index (χ0) is 10.3. The Morgan fingerprint density at radius 2 is 1.85 bits per heavy atom. The fourth-order valence-corrected chi connectivity index (χ4v) is 13.9. The quantitative estimate of drug-likeness (QED) is 0.502. The molecular formula is C9H21ClOSi2. The van der Waals surface area contributed by atoms with E-state index in [9.17, 15) is 0 Å². The van der Waals surface area contributed by atoms with E-state index in [-0.39, 0.29) is 5.60 Å². The van der Waals surface area contributed by atoms with Crippen LogP contribution in [0.3, 0.4) is 0 Å². The van der Waals surface area contributed by atoms with Crippen LogP contribution in [0.15, 0.2) is 0 Å². The molecule has 0 bridgehead atoms. The van der Waals surface area contributed by atoms with Gasteiger partial charge in [0.1, 0.15) is 0 Å². The lowest BCUT2D eigenvalue weighted by atomic mass is 10.1. The Morgan fingerprint density at radius 1 is 1.31 bits per heavy atom. The molecule has 1 aliphatic rings.